The molecule has 0 radical (unpaired) electrons. The number of fused-ring (bicyclic) bond motifs is 2. The van der Waals surface area contributed by atoms with Crippen molar-refractivity contribution in [1.29, 1.82) is 0 Å². The first kappa shape index (κ1) is 18.6. The normalized spacial score (nSPS) is 20.3. The lowest BCUT2D eigenvalue weighted by Crippen LogP contribution is -2.12. The van der Waals surface area contributed by atoms with Crippen LogP contribution in [0.5, 0.6) is 0 Å². The van der Waals surface area contributed by atoms with Crippen LogP contribution in [0.1, 0.15) is 66.8 Å². The molecule has 2 aliphatic carbocycles. The van der Waals surface area contributed by atoms with Crippen molar-refractivity contribution >= 4 is 33.7 Å². The van der Waals surface area contributed by atoms with E-state index in [9.17, 15) is 14.1 Å². The van der Waals surface area contributed by atoms with Gasteiger partial charge in [-0.25, -0.2) is 4.79 Å². The number of aliphatic hydroxyl groups excluding tert-OH is 1. The van der Waals surface area contributed by atoms with E-state index in [1.54, 1.807) is 18.4 Å². The number of nitrogens with zero attached hydrogens (tertiary/aromatic N) is 2. The van der Waals surface area contributed by atoms with Gasteiger partial charge in [-0.1, -0.05) is 13.0 Å². The first-order valence-electron chi connectivity index (χ1n) is 9.19. The van der Waals surface area contributed by atoms with Crippen LogP contribution in [0.2, 0.25) is 0 Å². The van der Waals surface area contributed by atoms with Crippen LogP contribution in [0.4, 0.5) is 10.5 Å². The molecule has 0 aliphatic heterocycles. The summed E-state index contributed by atoms with van der Waals surface area (Å²) >= 11 is 1.23. The molecule has 2 atom stereocenters. The molecule has 2 amide bonds. The fraction of sp³-hybridized carbons (Fsp3) is 0.474. The minimum Gasteiger partial charge on any atom is -0.439 e. The Morgan fingerprint density at radius 2 is 2.22 bits per heavy atom. The molecule has 0 unspecified atom stereocenters. The average Bonchev–Trinajstić information content (AvgIpc) is 3.34. The van der Waals surface area contributed by atoms with Crippen LogP contribution in [0.25, 0.3) is 0 Å². The molecule has 144 valence electrons. The van der Waals surface area contributed by atoms with Crippen molar-refractivity contribution in [2.75, 3.05) is 5.32 Å². The van der Waals surface area contributed by atoms with Gasteiger partial charge in [-0.15, -0.1) is 10.6 Å². The lowest BCUT2D eigenvalue weighted by atomic mass is 10.0. The molecule has 0 spiro atoms. The highest BCUT2D eigenvalue weighted by Crippen LogP contribution is 2.41. The summed E-state index contributed by atoms with van der Waals surface area (Å²) in [7, 11) is -1.78. The van der Waals surface area contributed by atoms with Crippen molar-refractivity contribution in [2.45, 2.75) is 62.2 Å². The van der Waals surface area contributed by atoms with Crippen molar-refractivity contribution in [3.63, 3.8) is 0 Å². The van der Waals surface area contributed by atoms with Gasteiger partial charge >= 0.3 is 6.03 Å². The second-order valence-electron chi connectivity index (χ2n) is 7.21. The maximum atomic E-state index is 12.5. The molecule has 0 saturated carbocycles. The van der Waals surface area contributed by atoms with Gasteiger partial charge in [0.15, 0.2) is 0 Å². The zero-order valence-corrected chi connectivity index (χ0v) is 17.0. The van der Waals surface area contributed by atoms with E-state index in [4.69, 9.17) is 4.98 Å². The van der Waals surface area contributed by atoms with Crippen molar-refractivity contribution < 1.29 is 14.1 Å². The Bertz CT molecular complexity index is 990. The largest absolute Gasteiger partial charge is 0.439 e. The van der Waals surface area contributed by atoms with Crippen molar-refractivity contribution in [3.05, 3.63) is 39.5 Å². The third-order valence-electron chi connectivity index (χ3n) is 5.30. The predicted molar refractivity (Wildman–Crippen MR) is 106 cm³/mol. The Morgan fingerprint density at radius 3 is 2.96 bits per heavy atom. The molecule has 2 aliphatic rings. The zero-order chi connectivity index (χ0) is 19.1. The molecule has 0 aromatic carbocycles. The fourth-order valence-electron chi connectivity index (χ4n) is 3.84. The predicted octanol–water partition coefficient (Wildman–Crippen LogP) is 4.47. The standard InChI is InChI=1S/C19H22N3O3S2/c1-10-6-7-14-17(10)20-15-5-3-4-13(15)18(14)21-19(24)22-27(25)16-8-12(9-26-16)11(2)23/h8-11,23H,3-7H2,1-2H3,(H,20,21,24)/q-1/t10-,11-/m1/s1. The lowest BCUT2D eigenvalue weighted by molar-refractivity contribution is 0.199. The van der Waals surface area contributed by atoms with E-state index in [0.717, 1.165) is 60.3 Å². The minimum absolute atomic E-state index is 0.401. The molecule has 6 nitrogen and oxygen atoms in total. The summed E-state index contributed by atoms with van der Waals surface area (Å²) in [5.74, 6) is 0.401. The number of urea groups is 1. The van der Waals surface area contributed by atoms with Gasteiger partial charge in [-0.3, -0.25) is 4.98 Å². The van der Waals surface area contributed by atoms with Gasteiger partial charge < -0.3 is 19.0 Å². The number of carbonyl (C=O) groups is 1. The van der Waals surface area contributed by atoms with Crippen LogP contribution >= 0.6 is 11.3 Å². The van der Waals surface area contributed by atoms with Gasteiger partial charge in [-0.05, 0) is 71.2 Å². The summed E-state index contributed by atoms with van der Waals surface area (Å²) in [5.41, 5.74) is 5.93. The second kappa shape index (κ2) is 7.33. The average molecular weight is 405 g/mol. The van der Waals surface area contributed by atoms with E-state index in [2.05, 4.69) is 16.6 Å². The monoisotopic (exact) mass is 404 g/mol. The molecule has 2 heterocycles. The number of aliphatic hydroxyl groups is 1. The summed E-state index contributed by atoms with van der Waals surface area (Å²) in [4.78, 5) is 17.3. The molecule has 0 saturated heterocycles. The number of aryl methyl sites for hydroxylation is 1. The summed E-state index contributed by atoms with van der Waals surface area (Å²) in [6.07, 6.45) is 4.20. The van der Waals surface area contributed by atoms with Gasteiger partial charge in [0.2, 0.25) is 0 Å². The number of hydrogen-bond acceptors (Lipinski definition) is 6. The van der Waals surface area contributed by atoms with Gasteiger partial charge in [0.1, 0.15) is 0 Å². The first-order chi connectivity index (χ1) is 12.9. The van der Waals surface area contributed by atoms with Crippen molar-refractivity contribution in [2.24, 2.45) is 4.36 Å². The number of anilines is 1. The van der Waals surface area contributed by atoms with Crippen molar-refractivity contribution in [1.82, 2.24) is 4.98 Å². The van der Waals surface area contributed by atoms with Crippen LogP contribution in [-0.4, -0.2) is 16.1 Å². The maximum Gasteiger partial charge on any atom is 0.322 e. The SMILES string of the molecule is C[C@@H]1CCc2c1nc1c(c2NC(=O)/N=[S-](=O)/c2cc([C@@H](C)O)cs2)CCC1. The Kier molecular flexibility index (Phi) is 5.05. The lowest BCUT2D eigenvalue weighted by Gasteiger charge is -2.15. The van der Waals surface area contributed by atoms with E-state index in [1.165, 1.54) is 11.3 Å². The van der Waals surface area contributed by atoms with Crippen molar-refractivity contribution in [3.8, 4) is 0 Å². The highest BCUT2D eigenvalue weighted by molar-refractivity contribution is 7.78. The number of pyridine rings is 1. The minimum atomic E-state index is -1.78. The maximum absolute atomic E-state index is 12.5. The number of carbonyl (C=O) groups excluding carboxylic acids is 1. The summed E-state index contributed by atoms with van der Waals surface area (Å²) in [5, 5.41) is 14.2. The Morgan fingerprint density at radius 1 is 1.41 bits per heavy atom. The molecule has 0 bridgehead atoms. The third kappa shape index (κ3) is 3.53. The summed E-state index contributed by atoms with van der Waals surface area (Å²) in [6.45, 7) is 3.81. The fourth-order valence-corrected chi connectivity index (χ4v) is 5.67. The molecular weight excluding hydrogens is 382 g/mol. The highest BCUT2D eigenvalue weighted by Gasteiger charge is 2.29. The van der Waals surface area contributed by atoms with E-state index in [0.29, 0.717) is 15.7 Å². The van der Waals surface area contributed by atoms with E-state index < -0.39 is 22.7 Å². The van der Waals surface area contributed by atoms with Crippen LogP contribution in [0, 0.1) is 0 Å². The summed E-state index contributed by atoms with van der Waals surface area (Å²) in [6, 6.07) is 1.04. The van der Waals surface area contributed by atoms with E-state index >= 15 is 0 Å². The molecule has 4 rings (SSSR count). The van der Waals surface area contributed by atoms with Crippen LogP contribution in [0.15, 0.2) is 20.0 Å². The van der Waals surface area contributed by atoms with Crippen LogP contribution < -0.4 is 5.32 Å². The molecule has 27 heavy (non-hydrogen) atoms. The number of rotatable bonds is 3. The molecule has 8 heteroatoms. The second-order valence-corrected chi connectivity index (χ2v) is 9.51. The topological polar surface area (TPSA) is 91.7 Å². The van der Waals surface area contributed by atoms with E-state index in [-0.39, 0.29) is 0 Å². The highest BCUT2D eigenvalue weighted by atomic mass is 32.2. The Hall–Kier alpha value is -1.77. The third-order valence-corrected chi connectivity index (χ3v) is 7.55. The Balaban J connectivity index is 1.62. The van der Waals surface area contributed by atoms with Crippen LogP contribution in [-0.2, 0) is 34.1 Å². The quantitative estimate of drug-likeness (QED) is 0.738. The van der Waals surface area contributed by atoms with Gasteiger partial charge in [0, 0.05) is 11.4 Å². The first-order valence-corrected chi connectivity index (χ1v) is 11.2. The number of nitrogens with one attached hydrogen (secondary N) is 1. The Labute approximate surface area is 164 Å². The van der Waals surface area contributed by atoms with E-state index in [1.807, 2.05) is 0 Å². The molecule has 0 fully saturated rings. The summed E-state index contributed by atoms with van der Waals surface area (Å²) < 4.78 is 16.7. The zero-order valence-electron chi connectivity index (χ0n) is 15.3. The smallest absolute Gasteiger partial charge is 0.322 e. The van der Waals surface area contributed by atoms with Gasteiger partial charge in [0.25, 0.3) is 0 Å². The number of hydrogen-bond donors (Lipinski definition) is 2. The van der Waals surface area contributed by atoms with Gasteiger partial charge in [0.05, 0.1) is 11.8 Å². The number of thiophene rings is 1. The molecule has 2 aromatic heterocycles. The number of amides is 2. The molecule has 2 N–H and O–H groups in total. The van der Waals surface area contributed by atoms with Crippen LogP contribution in [0.3, 0.4) is 0 Å². The molecule has 2 aromatic rings. The van der Waals surface area contributed by atoms with Gasteiger partial charge in [-0.2, -0.15) is 11.3 Å². The molecular formula is C19H22N3O3S2-. The number of aromatic nitrogens is 1.